The summed E-state index contributed by atoms with van der Waals surface area (Å²) in [4.78, 5) is 4.70. The summed E-state index contributed by atoms with van der Waals surface area (Å²) < 4.78 is 15.8. The highest BCUT2D eigenvalue weighted by atomic mass is 127. The van der Waals surface area contributed by atoms with Crippen molar-refractivity contribution in [2.75, 3.05) is 13.7 Å². The Balaban J connectivity index is 0.00000300. The van der Waals surface area contributed by atoms with Gasteiger partial charge in [0, 0.05) is 25.1 Å². The summed E-state index contributed by atoms with van der Waals surface area (Å²) in [5.74, 6) is 3.31. The van der Waals surface area contributed by atoms with Crippen molar-refractivity contribution in [1.82, 2.24) is 15.8 Å². The van der Waals surface area contributed by atoms with Crippen LogP contribution in [-0.2, 0) is 19.5 Å². The quantitative estimate of drug-likeness (QED) is 0.271. The van der Waals surface area contributed by atoms with Crippen LogP contribution in [0.15, 0.2) is 56.6 Å². The largest absolute Gasteiger partial charge is 0.497 e. The van der Waals surface area contributed by atoms with Crippen molar-refractivity contribution < 1.29 is 13.7 Å². The highest BCUT2D eigenvalue weighted by molar-refractivity contribution is 14.0. The van der Waals surface area contributed by atoms with E-state index in [-0.39, 0.29) is 24.0 Å². The average molecular weight is 510 g/mol. The summed E-state index contributed by atoms with van der Waals surface area (Å²) >= 11 is 0. The molecule has 0 aliphatic carbocycles. The maximum Gasteiger partial charge on any atom is 0.191 e. The van der Waals surface area contributed by atoms with Crippen molar-refractivity contribution in [3.05, 3.63) is 71.0 Å². The Morgan fingerprint density at radius 3 is 2.55 bits per heavy atom. The molecule has 156 valence electrons. The number of guanidine groups is 1. The van der Waals surface area contributed by atoms with Crippen LogP contribution in [0.5, 0.6) is 5.75 Å². The molecule has 2 N–H and O–H groups in total. The van der Waals surface area contributed by atoms with Gasteiger partial charge in [0.15, 0.2) is 5.96 Å². The van der Waals surface area contributed by atoms with E-state index in [4.69, 9.17) is 18.7 Å². The molecule has 0 atom stereocenters. The first-order valence-corrected chi connectivity index (χ1v) is 9.25. The van der Waals surface area contributed by atoms with Crippen molar-refractivity contribution in [1.29, 1.82) is 0 Å². The number of nitrogens with one attached hydrogen (secondary N) is 2. The number of hydrogen-bond donors (Lipinski definition) is 2. The molecule has 2 heterocycles. The van der Waals surface area contributed by atoms with Gasteiger partial charge in [0.2, 0.25) is 0 Å². The summed E-state index contributed by atoms with van der Waals surface area (Å²) in [6, 6.07) is 11.8. The molecule has 0 fully saturated rings. The SMILES string of the molecule is COc1ccc(CN=C(NCCc2ccco2)NCc2c(C)noc2C)cc1.I. The van der Waals surface area contributed by atoms with E-state index in [1.54, 1.807) is 13.4 Å². The van der Waals surface area contributed by atoms with Crippen LogP contribution in [-0.4, -0.2) is 24.8 Å². The molecule has 0 spiro atoms. The Labute approximate surface area is 187 Å². The maximum absolute atomic E-state index is 5.38. The van der Waals surface area contributed by atoms with Crippen molar-refractivity contribution in [2.45, 2.75) is 33.4 Å². The van der Waals surface area contributed by atoms with Crippen LogP contribution in [0.25, 0.3) is 0 Å². The van der Waals surface area contributed by atoms with E-state index >= 15 is 0 Å². The molecule has 7 nitrogen and oxygen atoms in total. The molecule has 0 bridgehead atoms. The molecular formula is C21H27IN4O3. The second-order valence-corrected chi connectivity index (χ2v) is 6.43. The van der Waals surface area contributed by atoms with Crippen molar-refractivity contribution in [3.8, 4) is 5.75 Å². The molecule has 0 aliphatic rings. The minimum Gasteiger partial charge on any atom is -0.497 e. The maximum atomic E-state index is 5.38. The number of benzene rings is 1. The summed E-state index contributed by atoms with van der Waals surface area (Å²) in [7, 11) is 1.66. The fourth-order valence-corrected chi connectivity index (χ4v) is 2.76. The lowest BCUT2D eigenvalue weighted by Gasteiger charge is -2.12. The second kappa shape index (κ2) is 11.5. The summed E-state index contributed by atoms with van der Waals surface area (Å²) in [5, 5.41) is 10.7. The van der Waals surface area contributed by atoms with Crippen LogP contribution in [0.2, 0.25) is 0 Å². The number of aryl methyl sites for hydroxylation is 2. The molecule has 1 aromatic carbocycles. The third-order valence-corrected chi connectivity index (χ3v) is 4.44. The van der Waals surface area contributed by atoms with Gasteiger partial charge < -0.3 is 24.3 Å². The molecule has 3 aromatic rings. The fourth-order valence-electron chi connectivity index (χ4n) is 2.76. The van der Waals surface area contributed by atoms with E-state index in [0.717, 1.165) is 46.5 Å². The van der Waals surface area contributed by atoms with Gasteiger partial charge in [-0.15, -0.1) is 24.0 Å². The molecule has 0 unspecified atom stereocenters. The topological polar surface area (TPSA) is 84.8 Å². The molecule has 0 aliphatic heterocycles. The van der Waals surface area contributed by atoms with Crippen molar-refractivity contribution >= 4 is 29.9 Å². The smallest absolute Gasteiger partial charge is 0.191 e. The van der Waals surface area contributed by atoms with E-state index < -0.39 is 0 Å². The van der Waals surface area contributed by atoms with Crippen molar-refractivity contribution in [2.24, 2.45) is 4.99 Å². The van der Waals surface area contributed by atoms with Gasteiger partial charge in [-0.1, -0.05) is 17.3 Å². The van der Waals surface area contributed by atoms with Gasteiger partial charge in [-0.25, -0.2) is 4.99 Å². The number of halogens is 1. The van der Waals surface area contributed by atoms with Crippen LogP contribution >= 0.6 is 24.0 Å². The molecule has 0 saturated carbocycles. The Bertz CT molecular complexity index is 870. The molecule has 29 heavy (non-hydrogen) atoms. The van der Waals surface area contributed by atoms with Gasteiger partial charge in [0.1, 0.15) is 17.3 Å². The lowest BCUT2D eigenvalue weighted by Crippen LogP contribution is -2.38. The van der Waals surface area contributed by atoms with E-state index in [0.29, 0.717) is 19.6 Å². The Morgan fingerprint density at radius 2 is 1.93 bits per heavy atom. The molecule has 2 aromatic heterocycles. The summed E-state index contributed by atoms with van der Waals surface area (Å²) in [6.07, 6.45) is 2.46. The average Bonchev–Trinajstić information content (AvgIpc) is 3.34. The number of nitrogens with zero attached hydrogens (tertiary/aromatic N) is 2. The van der Waals surface area contributed by atoms with Gasteiger partial charge >= 0.3 is 0 Å². The Hall–Kier alpha value is -2.49. The fraction of sp³-hybridized carbons (Fsp3) is 0.333. The predicted molar refractivity (Wildman–Crippen MR) is 123 cm³/mol. The number of furan rings is 1. The standard InChI is InChI=1S/C21H26N4O3.HI/c1-15-20(16(2)28-25-15)14-24-21(22-11-10-19-5-4-12-27-19)23-13-17-6-8-18(26-3)9-7-17;/h4-9,12H,10-11,13-14H2,1-3H3,(H2,22,23,24);1H. The van der Waals surface area contributed by atoms with E-state index in [9.17, 15) is 0 Å². The minimum absolute atomic E-state index is 0. The van der Waals surface area contributed by atoms with Gasteiger partial charge in [-0.3, -0.25) is 0 Å². The van der Waals surface area contributed by atoms with Crippen LogP contribution in [0, 0.1) is 13.8 Å². The van der Waals surface area contributed by atoms with Gasteiger partial charge in [0.05, 0.1) is 25.6 Å². The first kappa shape index (κ1) is 22.8. The van der Waals surface area contributed by atoms with Gasteiger partial charge in [0.25, 0.3) is 0 Å². The third kappa shape index (κ3) is 6.81. The Kier molecular flexibility index (Phi) is 9.04. The van der Waals surface area contributed by atoms with E-state index in [1.165, 1.54) is 0 Å². The monoisotopic (exact) mass is 510 g/mol. The molecule has 0 amide bonds. The van der Waals surface area contributed by atoms with Crippen molar-refractivity contribution in [3.63, 3.8) is 0 Å². The lowest BCUT2D eigenvalue weighted by atomic mass is 10.2. The van der Waals surface area contributed by atoms with Crippen LogP contribution in [0.4, 0.5) is 0 Å². The van der Waals surface area contributed by atoms with Gasteiger partial charge in [-0.2, -0.15) is 0 Å². The molecule has 0 radical (unpaired) electrons. The molecular weight excluding hydrogens is 483 g/mol. The zero-order valence-electron chi connectivity index (χ0n) is 16.9. The Morgan fingerprint density at radius 1 is 1.14 bits per heavy atom. The second-order valence-electron chi connectivity index (χ2n) is 6.43. The van der Waals surface area contributed by atoms with Gasteiger partial charge in [-0.05, 0) is 43.7 Å². The summed E-state index contributed by atoms with van der Waals surface area (Å²) in [6.45, 7) is 5.71. The normalized spacial score (nSPS) is 11.1. The zero-order valence-corrected chi connectivity index (χ0v) is 19.2. The number of methoxy groups -OCH3 is 1. The first-order chi connectivity index (χ1) is 13.7. The molecule has 8 heteroatoms. The van der Waals surface area contributed by atoms with Crippen LogP contribution in [0.1, 0.15) is 28.3 Å². The highest BCUT2D eigenvalue weighted by Gasteiger charge is 2.09. The number of ether oxygens (including phenoxy) is 1. The van der Waals surface area contributed by atoms with E-state index in [1.807, 2.05) is 50.2 Å². The molecule has 3 rings (SSSR count). The number of rotatable bonds is 8. The van der Waals surface area contributed by atoms with Crippen LogP contribution in [0.3, 0.4) is 0 Å². The molecule has 0 saturated heterocycles. The van der Waals surface area contributed by atoms with E-state index in [2.05, 4.69) is 15.8 Å². The lowest BCUT2D eigenvalue weighted by molar-refractivity contribution is 0.392. The number of aromatic nitrogens is 1. The predicted octanol–water partition coefficient (Wildman–Crippen LogP) is 3.99. The zero-order chi connectivity index (χ0) is 19.8. The first-order valence-electron chi connectivity index (χ1n) is 9.25. The van der Waals surface area contributed by atoms with Crippen LogP contribution < -0.4 is 15.4 Å². The highest BCUT2D eigenvalue weighted by Crippen LogP contribution is 2.13. The number of aliphatic imine (C=N–C) groups is 1. The minimum atomic E-state index is 0. The summed E-state index contributed by atoms with van der Waals surface area (Å²) in [5.41, 5.74) is 3.03. The third-order valence-electron chi connectivity index (χ3n) is 4.44. The number of hydrogen-bond acceptors (Lipinski definition) is 5.